The molecule has 0 aromatic rings. The molecule has 2 heteroatoms. The molecule has 0 radical (unpaired) electrons. The van der Waals surface area contributed by atoms with Crippen molar-refractivity contribution in [2.45, 2.75) is 40.5 Å². The average molecular weight is 170 g/mol. The van der Waals surface area contributed by atoms with E-state index in [-0.39, 0.29) is 11.2 Å². The van der Waals surface area contributed by atoms with Crippen LogP contribution in [-0.2, 0) is 4.79 Å². The summed E-state index contributed by atoms with van der Waals surface area (Å²) in [4.78, 5) is 10.3. The lowest BCUT2D eigenvalue weighted by atomic mass is 9.78. The molecule has 0 rings (SSSR count). The van der Waals surface area contributed by atoms with Crippen LogP contribution in [0.4, 0.5) is 0 Å². The van der Waals surface area contributed by atoms with E-state index in [4.69, 9.17) is 0 Å². The molecule has 1 atom stereocenters. The molecule has 0 saturated carbocycles. The topological polar surface area (TPSA) is 37.3 Å². The summed E-state index contributed by atoms with van der Waals surface area (Å²) in [6, 6.07) is 0. The molecule has 1 unspecified atom stereocenters. The van der Waals surface area contributed by atoms with Crippen LogP contribution in [0.15, 0.2) is 5.76 Å². The molecule has 0 bridgehead atoms. The lowest BCUT2D eigenvalue weighted by molar-refractivity contribution is 0.199. The number of aliphatic hydroxyl groups excluding tert-OH is 1. The first-order valence-electron chi connectivity index (χ1n) is 4.40. The van der Waals surface area contributed by atoms with Crippen molar-refractivity contribution in [2.24, 2.45) is 11.3 Å². The van der Waals surface area contributed by atoms with Gasteiger partial charge in [-0.05, 0) is 18.8 Å². The van der Waals surface area contributed by atoms with Crippen LogP contribution in [0.1, 0.15) is 40.5 Å². The molecular weight excluding hydrogens is 152 g/mol. The Morgan fingerprint density at radius 2 is 2.08 bits per heavy atom. The minimum atomic E-state index is -0.379. The minimum absolute atomic E-state index is 0.140. The second kappa shape index (κ2) is 4.32. The van der Waals surface area contributed by atoms with Crippen LogP contribution in [0, 0.1) is 11.3 Å². The van der Waals surface area contributed by atoms with Crippen LogP contribution >= 0.6 is 0 Å². The second-order valence-electron chi connectivity index (χ2n) is 3.96. The highest BCUT2D eigenvalue weighted by molar-refractivity contribution is 5.51. The van der Waals surface area contributed by atoms with Gasteiger partial charge in [0, 0.05) is 5.41 Å². The Labute approximate surface area is 74.3 Å². The number of hydrogen-bond acceptors (Lipinski definition) is 2. The fraction of sp³-hybridized carbons (Fsp3) is 0.800. The molecule has 0 fully saturated rings. The van der Waals surface area contributed by atoms with Crippen LogP contribution in [0.5, 0.6) is 0 Å². The maximum atomic E-state index is 10.3. The Hall–Kier alpha value is -0.750. The molecule has 1 N–H and O–H groups in total. The Kier molecular flexibility index (Phi) is 4.05. The van der Waals surface area contributed by atoms with Gasteiger partial charge in [0.15, 0.2) is 11.7 Å². The van der Waals surface area contributed by atoms with Gasteiger partial charge in [0.25, 0.3) is 0 Å². The van der Waals surface area contributed by atoms with Gasteiger partial charge in [-0.1, -0.05) is 27.7 Å². The summed E-state index contributed by atoms with van der Waals surface area (Å²) < 4.78 is 0. The molecule has 0 saturated heterocycles. The highest BCUT2D eigenvalue weighted by Gasteiger charge is 2.29. The maximum absolute atomic E-state index is 10.3. The first-order valence-corrected chi connectivity index (χ1v) is 4.40. The Morgan fingerprint density at radius 1 is 1.58 bits per heavy atom. The third-order valence-electron chi connectivity index (χ3n) is 2.31. The summed E-state index contributed by atoms with van der Waals surface area (Å²) in [5.41, 5.74) is -0.379. The standard InChI is InChI=1S/C10H18O2/c1-5-10(4,6-8(2)3)9(12)7-11/h8,12H,5-6H2,1-4H3. The zero-order valence-electron chi connectivity index (χ0n) is 8.35. The van der Waals surface area contributed by atoms with E-state index in [0.29, 0.717) is 5.92 Å². The van der Waals surface area contributed by atoms with Crippen molar-refractivity contribution < 1.29 is 9.90 Å². The summed E-state index contributed by atoms with van der Waals surface area (Å²) in [6.45, 7) is 8.02. The average Bonchev–Trinajstić information content (AvgIpc) is 2.01. The molecule has 2 nitrogen and oxygen atoms in total. The third-order valence-corrected chi connectivity index (χ3v) is 2.31. The van der Waals surface area contributed by atoms with Gasteiger partial charge in [0.2, 0.25) is 0 Å². The van der Waals surface area contributed by atoms with E-state index in [0.717, 1.165) is 12.8 Å². The van der Waals surface area contributed by atoms with E-state index in [9.17, 15) is 9.90 Å². The molecule has 70 valence electrons. The third kappa shape index (κ3) is 2.71. The highest BCUT2D eigenvalue weighted by Crippen LogP contribution is 2.34. The SMILES string of the molecule is CCC(C)(CC(C)C)C(O)=C=O. The molecule has 0 aromatic carbocycles. The molecule has 0 amide bonds. The van der Waals surface area contributed by atoms with Crippen molar-refractivity contribution in [3.05, 3.63) is 5.76 Å². The normalized spacial score (nSPS) is 15.4. The predicted octanol–water partition coefficient (Wildman–Crippen LogP) is 2.72. The van der Waals surface area contributed by atoms with Crippen molar-refractivity contribution in [3.63, 3.8) is 0 Å². The molecular formula is C10H18O2. The van der Waals surface area contributed by atoms with Gasteiger partial charge in [-0.25, -0.2) is 4.79 Å². The molecule has 0 heterocycles. The van der Waals surface area contributed by atoms with E-state index in [1.54, 1.807) is 5.94 Å². The highest BCUT2D eigenvalue weighted by atomic mass is 16.3. The lowest BCUT2D eigenvalue weighted by Crippen LogP contribution is -2.21. The van der Waals surface area contributed by atoms with E-state index < -0.39 is 0 Å². The number of rotatable bonds is 4. The summed E-state index contributed by atoms with van der Waals surface area (Å²) >= 11 is 0. The summed E-state index contributed by atoms with van der Waals surface area (Å²) in [7, 11) is 0. The van der Waals surface area contributed by atoms with Crippen molar-refractivity contribution in [2.75, 3.05) is 0 Å². The number of allylic oxidation sites excluding steroid dienone is 1. The molecule has 0 aliphatic carbocycles. The second-order valence-corrected chi connectivity index (χ2v) is 3.96. The monoisotopic (exact) mass is 170 g/mol. The molecule has 12 heavy (non-hydrogen) atoms. The first-order chi connectivity index (χ1) is 5.46. The molecule has 0 aliphatic rings. The maximum Gasteiger partial charge on any atom is 0.182 e. The zero-order chi connectivity index (χ0) is 9.78. The minimum Gasteiger partial charge on any atom is -0.502 e. The largest absolute Gasteiger partial charge is 0.502 e. The quantitative estimate of drug-likeness (QED) is 0.520. The summed E-state index contributed by atoms with van der Waals surface area (Å²) in [5, 5.41) is 9.32. The number of carbonyl (C=O) groups excluding carboxylic acids is 1. The van der Waals surface area contributed by atoms with Crippen molar-refractivity contribution >= 4 is 5.94 Å². The van der Waals surface area contributed by atoms with Gasteiger partial charge < -0.3 is 5.11 Å². The van der Waals surface area contributed by atoms with Crippen LogP contribution < -0.4 is 0 Å². The van der Waals surface area contributed by atoms with Gasteiger partial charge in [-0.3, -0.25) is 0 Å². The molecule has 0 aromatic heterocycles. The van der Waals surface area contributed by atoms with Crippen LogP contribution in [0.25, 0.3) is 0 Å². The predicted molar refractivity (Wildman–Crippen MR) is 49.7 cm³/mol. The smallest absolute Gasteiger partial charge is 0.182 e. The molecule has 0 aliphatic heterocycles. The van der Waals surface area contributed by atoms with Gasteiger partial charge in [0.1, 0.15) is 0 Å². The first kappa shape index (κ1) is 11.2. The summed E-state index contributed by atoms with van der Waals surface area (Å²) in [5.74, 6) is 1.92. The van der Waals surface area contributed by atoms with Gasteiger partial charge in [0.05, 0.1) is 0 Å². The van der Waals surface area contributed by atoms with E-state index in [2.05, 4.69) is 13.8 Å². The summed E-state index contributed by atoms with van der Waals surface area (Å²) in [6.07, 6.45) is 1.59. The van der Waals surface area contributed by atoms with Crippen LogP contribution in [0.3, 0.4) is 0 Å². The Bertz CT molecular complexity index is 190. The van der Waals surface area contributed by atoms with Crippen LogP contribution in [0.2, 0.25) is 0 Å². The Balaban J connectivity index is 4.56. The van der Waals surface area contributed by atoms with Crippen molar-refractivity contribution in [1.29, 1.82) is 0 Å². The van der Waals surface area contributed by atoms with E-state index >= 15 is 0 Å². The number of hydrogen-bond donors (Lipinski definition) is 1. The Morgan fingerprint density at radius 3 is 2.33 bits per heavy atom. The van der Waals surface area contributed by atoms with Gasteiger partial charge in [-0.2, -0.15) is 0 Å². The van der Waals surface area contributed by atoms with Gasteiger partial charge >= 0.3 is 0 Å². The van der Waals surface area contributed by atoms with Crippen molar-refractivity contribution in [1.82, 2.24) is 0 Å². The number of aliphatic hydroxyl groups is 1. The van der Waals surface area contributed by atoms with Gasteiger partial charge in [-0.15, -0.1) is 0 Å². The fourth-order valence-corrected chi connectivity index (χ4v) is 1.43. The molecule has 0 spiro atoms. The van der Waals surface area contributed by atoms with E-state index in [1.807, 2.05) is 13.8 Å². The fourth-order valence-electron chi connectivity index (χ4n) is 1.43. The lowest BCUT2D eigenvalue weighted by Gasteiger charge is -2.27. The van der Waals surface area contributed by atoms with Crippen LogP contribution in [-0.4, -0.2) is 11.0 Å². The van der Waals surface area contributed by atoms with Crippen molar-refractivity contribution in [3.8, 4) is 0 Å². The zero-order valence-corrected chi connectivity index (χ0v) is 8.35. The van der Waals surface area contributed by atoms with E-state index in [1.165, 1.54) is 0 Å².